The van der Waals surface area contributed by atoms with E-state index in [1.807, 2.05) is 24.3 Å². The quantitative estimate of drug-likeness (QED) is 0.644. The van der Waals surface area contributed by atoms with Gasteiger partial charge in [0, 0.05) is 24.7 Å². The minimum atomic E-state index is -0.357. The van der Waals surface area contributed by atoms with Gasteiger partial charge in [-0.15, -0.1) is 0 Å². The Morgan fingerprint density at radius 3 is 2.58 bits per heavy atom. The van der Waals surface area contributed by atoms with Crippen LogP contribution in [0, 0.1) is 0 Å². The zero-order chi connectivity index (χ0) is 19.2. The summed E-state index contributed by atoms with van der Waals surface area (Å²) in [6.07, 6.45) is 0. The second-order valence-corrected chi connectivity index (χ2v) is 7.37. The molecule has 2 rings (SSSR count). The number of carbonyl (C=O) groups is 2. The Morgan fingerprint density at radius 2 is 1.96 bits per heavy atom. The van der Waals surface area contributed by atoms with E-state index in [1.165, 1.54) is 0 Å². The number of hydrogen-bond acceptors (Lipinski definition) is 5. The first kappa shape index (κ1) is 20.6. The fourth-order valence-electron chi connectivity index (χ4n) is 2.99. The number of nitrogens with one attached hydrogen (secondary N) is 2. The van der Waals surface area contributed by atoms with Crippen LogP contribution in [0.3, 0.4) is 0 Å². The average Bonchev–Trinajstić information content (AvgIpc) is 2.60. The number of amides is 2. The monoisotopic (exact) mass is 382 g/mol. The summed E-state index contributed by atoms with van der Waals surface area (Å²) in [5.41, 5.74) is 6.04. The molecular weight excluding hydrogens is 356 g/mol. The third-order valence-corrected chi connectivity index (χ3v) is 4.53. The summed E-state index contributed by atoms with van der Waals surface area (Å²) in [5, 5.41) is 6.03. The van der Waals surface area contributed by atoms with Crippen molar-refractivity contribution >= 4 is 23.4 Å². The molecule has 0 radical (unpaired) electrons. The van der Waals surface area contributed by atoms with E-state index >= 15 is 0 Å². The normalized spacial score (nSPS) is 18.2. The predicted octanol–water partition coefficient (Wildman–Crippen LogP) is 0.683. The van der Waals surface area contributed by atoms with Crippen LogP contribution in [-0.2, 0) is 14.3 Å². The molecule has 1 aliphatic rings. The molecule has 2 amide bonds. The Hall–Kier alpha value is -1.67. The van der Waals surface area contributed by atoms with Crippen molar-refractivity contribution < 1.29 is 14.3 Å². The van der Waals surface area contributed by atoms with Crippen LogP contribution < -0.4 is 16.4 Å². The Kier molecular flexibility index (Phi) is 7.40. The molecule has 1 atom stereocenters. The molecule has 26 heavy (non-hydrogen) atoms. The Balaban J connectivity index is 2.04. The first-order valence-corrected chi connectivity index (χ1v) is 9.05. The third-order valence-electron chi connectivity index (χ3n) is 4.27. The molecule has 1 heterocycles. The van der Waals surface area contributed by atoms with Crippen molar-refractivity contribution in [3.05, 3.63) is 34.9 Å². The van der Waals surface area contributed by atoms with Crippen molar-refractivity contribution in [3.63, 3.8) is 0 Å². The molecule has 0 bridgehead atoms. The molecule has 0 aromatic heterocycles. The van der Waals surface area contributed by atoms with Crippen LogP contribution in [0.4, 0.5) is 0 Å². The Bertz CT molecular complexity index is 621. The number of nitrogens with zero attached hydrogens (tertiary/aromatic N) is 1. The average molecular weight is 383 g/mol. The fourth-order valence-corrected chi connectivity index (χ4v) is 3.11. The van der Waals surface area contributed by atoms with Gasteiger partial charge in [0.2, 0.25) is 11.8 Å². The van der Waals surface area contributed by atoms with Gasteiger partial charge in [-0.1, -0.05) is 23.7 Å². The molecule has 0 saturated carbocycles. The molecule has 144 valence electrons. The topological polar surface area (TPSA) is 96.7 Å². The number of benzene rings is 1. The maximum absolute atomic E-state index is 12.0. The van der Waals surface area contributed by atoms with E-state index in [-0.39, 0.29) is 36.5 Å². The van der Waals surface area contributed by atoms with Crippen molar-refractivity contribution in [3.8, 4) is 0 Å². The summed E-state index contributed by atoms with van der Waals surface area (Å²) in [6, 6.07) is 7.62. The summed E-state index contributed by atoms with van der Waals surface area (Å²) in [6.45, 7) is 6.47. The predicted molar refractivity (Wildman–Crippen MR) is 101 cm³/mol. The molecular formula is C18H27ClN4O3. The summed E-state index contributed by atoms with van der Waals surface area (Å²) >= 11 is 6.01. The molecule has 1 unspecified atom stereocenters. The van der Waals surface area contributed by atoms with Gasteiger partial charge in [-0.3, -0.25) is 14.5 Å². The lowest BCUT2D eigenvalue weighted by Crippen LogP contribution is -2.52. The Labute approximate surface area is 159 Å². The van der Waals surface area contributed by atoms with Gasteiger partial charge in [0.15, 0.2) is 0 Å². The molecule has 1 saturated heterocycles. The zero-order valence-corrected chi connectivity index (χ0v) is 16.0. The smallest absolute Gasteiger partial charge is 0.239 e. The zero-order valence-electron chi connectivity index (χ0n) is 15.3. The van der Waals surface area contributed by atoms with Crippen molar-refractivity contribution in [2.45, 2.75) is 25.5 Å². The maximum Gasteiger partial charge on any atom is 0.239 e. The number of halogens is 1. The molecule has 8 heteroatoms. The van der Waals surface area contributed by atoms with Crippen molar-refractivity contribution in [2.75, 3.05) is 39.3 Å². The molecule has 0 aliphatic carbocycles. The minimum Gasteiger partial charge on any atom is -0.373 e. The van der Waals surface area contributed by atoms with Gasteiger partial charge >= 0.3 is 0 Å². The highest BCUT2D eigenvalue weighted by Gasteiger charge is 2.32. The molecule has 1 aliphatic heterocycles. The van der Waals surface area contributed by atoms with Gasteiger partial charge in [-0.05, 0) is 31.5 Å². The van der Waals surface area contributed by atoms with Crippen LogP contribution in [0.2, 0.25) is 5.02 Å². The molecule has 1 aromatic rings. The van der Waals surface area contributed by atoms with E-state index in [9.17, 15) is 9.59 Å². The lowest BCUT2D eigenvalue weighted by molar-refractivity contribution is -0.125. The SMILES string of the molecule is CC1(C)CN(C(CNC(=O)CNC(=O)CN)c2ccc(Cl)cc2)CCO1. The van der Waals surface area contributed by atoms with Gasteiger partial charge in [0.25, 0.3) is 0 Å². The van der Waals surface area contributed by atoms with Crippen molar-refractivity contribution in [1.29, 1.82) is 0 Å². The minimum absolute atomic E-state index is 0.00963. The number of rotatable bonds is 7. The number of hydrogen-bond donors (Lipinski definition) is 3. The highest BCUT2D eigenvalue weighted by molar-refractivity contribution is 6.30. The Morgan fingerprint density at radius 1 is 1.27 bits per heavy atom. The molecule has 1 aromatic carbocycles. The van der Waals surface area contributed by atoms with Crippen LogP contribution in [0.15, 0.2) is 24.3 Å². The van der Waals surface area contributed by atoms with Gasteiger partial charge in [-0.2, -0.15) is 0 Å². The van der Waals surface area contributed by atoms with Gasteiger partial charge in [0.05, 0.1) is 31.3 Å². The van der Waals surface area contributed by atoms with E-state index in [0.717, 1.165) is 18.7 Å². The first-order chi connectivity index (χ1) is 12.3. The third kappa shape index (κ3) is 6.25. The van der Waals surface area contributed by atoms with Gasteiger partial charge in [-0.25, -0.2) is 0 Å². The van der Waals surface area contributed by atoms with E-state index < -0.39 is 0 Å². The lowest BCUT2D eigenvalue weighted by Gasteiger charge is -2.42. The second kappa shape index (κ2) is 9.32. The van der Waals surface area contributed by atoms with E-state index in [2.05, 4.69) is 29.4 Å². The van der Waals surface area contributed by atoms with E-state index in [4.69, 9.17) is 22.1 Å². The van der Waals surface area contributed by atoms with Crippen LogP contribution >= 0.6 is 11.6 Å². The lowest BCUT2D eigenvalue weighted by atomic mass is 10.0. The van der Waals surface area contributed by atoms with E-state index in [1.54, 1.807) is 0 Å². The maximum atomic E-state index is 12.0. The highest BCUT2D eigenvalue weighted by Crippen LogP contribution is 2.27. The summed E-state index contributed by atoms with van der Waals surface area (Å²) in [4.78, 5) is 25.5. The summed E-state index contributed by atoms with van der Waals surface area (Å²) in [5.74, 6) is -0.609. The molecule has 0 spiro atoms. The van der Waals surface area contributed by atoms with Crippen molar-refractivity contribution in [1.82, 2.24) is 15.5 Å². The van der Waals surface area contributed by atoms with Crippen LogP contribution in [-0.4, -0.2) is 61.6 Å². The standard InChI is InChI=1S/C18H27ClN4O3/c1-18(2)12-23(7-8-26-18)15(13-3-5-14(19)6-4-13)10-21-17(25)11-22-16(24)9-20/h3-6,15H,7-12,20H2,1-2H3,(H,21,25)(H,22,24). The molecule has 4 N–H and O–H groups in total. The van der Waals surface area contributed by atoms with Crippen LogP contribution in [0.5, 0.6) is 0 Å². The number of nitrogens with two attached hydrogens (primary N) is 1. The van der Waals surface area contributed by atoms with Crippen LogP contribution in [0.25, 0.3) is 0 Å². The second-order valence-electron chi connectivity index (χ2n) is 6.93. The van der Waals surface area contributed by atoms with E-state index in [0.29, 0.717) is 18.2 Å². The summed E-state index contributed by atoms with van der Waals surface area (Å²) in [7, 11) is 0. The van der Waals surface area contributed by atoms with Gasteiger partial charge in [0.1, 0.15) is 0 Å². The number of carbonyl (C=O) groups excluding carboxylic acids is 2. The fraction of sp³-hybridized carbons (Fsp3) is 0.556. The number of ether oxygens (including phenoxy) is 1. The van der Waals surface area contributed by atoms with Crippen molar-refractivity contribution in [2.24, 2.45) is 5.73 Å². The largest absolute Gasteiger partial charge is 0.373 e. The number of morpholine rings is 1. The van der Waals surface area contributed by atoms with Gasteiger partial charge < -0.3 is 21.1 Å². The highest BCUT2D eigenvalue weighted by atomic mass is 35.5. The van der Waals surface area contributed by atoms with Crippen LogP contribution in [0.1, 0.15) is 25.5 Å². The summed E-state index contributed by atoms with van der Waals surface area (Å²) < 4.78 is 5.79. The molecule has 7 nitrogen and oxygen atoms in total. The first-order valence-electron chi connectivity index (χ1n) is 8.67. The molecule has 1 fully saturated rings.